The van der Waals surface area contributed by atoms with Gasteiger partial charge in [0.1, 0.15) is 0 Å². The number of hydrogen-bond acceptors (Lipinski definition) is 0. The van der Waals surface area contributed by atoms with Crippen molar-refractivity contribution in [3.8, 4) is 0 Å². The van der Waals surface area contributed by atoms with Crippen LogP contribution >= 0.6 is 0 Å². The second kappa shape index (κ2) is 13.0. The number of hydrogen-bond donors (Lipinski definition) is 0. The molecule has 0 radical (unpaired) electrons. The van der Waals surface area contributed by atoms with Crippen LogP contribution in [-0.2, 0) is 25.7 Å². The van der Waals surface area contributed by atoms with Crippen LogP contribution in [-0.4, -0.2) is 0 Å². The van der Waals surface area contributed by atoms with E-state index in [0.29, 0.717) is 7.25 Å². The fraction of sp³-hybridized carbons (Fsp3) is 0.294. The van der Waals surface area contributed by atoms with Gasteiger partial charge in [0.15, 0.2) is 0 Å². The van der Waals surface area contributed by atoms with Crippen molar-refractivity contribution in [1.82, 2.24) is 0 Å². The Morgan fingerprint density at radius 2 is 0.904 bits per heavy atom. The number of unbranched alkanes of at least 4 members (excludes halogenated alkanes) is 2. The summed E-state index contributed by atoms with van der Waals surface area (Å²) in [4.78, 5) is 0. The first-order valence-electron chi connectivity index (χ1n) is 20.0. The van der Waals surface area contributed by atoms with Crippen LogP contribution in [0.1, 0.15) is 119 Å². The van der Waals surface area contributed by atoms with E-state index in [1.165, 1.54) is 77.7 Å². The van der Waals surface area contributed by atoms with E-state index in [0.717, 1.165) is 0 Å². The summed E-state index contributed by atoms with van der Waals surface area (Å²) in [6.45, 7) is 15.1. The SMILES string of the molecule is CCC[CH2][Zr]1([CH2]CCC)[CH]2C(C)=C(c3cccc4ccccc34)c3c2cccc3C(C)(C)c2cccc3c2C(c2cccc4ccccc24)=C(C)[CH]31. The molecule has 1 heteroatoms. The van der Waals surface area contributed by atoms with Gasteiger partial charge in [-0.1, -0.05) is 0 Å². The van der Waals surface area contributed by atoms with Crippen molar-refractivity contribution in [3.63, 3.8) is 0 Å². The molecule has 1 heterocycles. The molecule has 52 heavy (non-hydrogen) atoms. The predicted molar refractivity (Wildman–Crippen MR) is 221 cm³/mol. The molecule has 9 rings (SSSR count). The van der Waals surface area contributed by atoms with Crippen LogP contribution in [0.3, 0.4) is 0 Å². The fourth-order valence-corrected chi connectivity index (χ4v) is 29.9. The van der Waals surface area contributed by atoms with Crippen LogP contribution in [0.2, 0.25) is 8.26 Å². The van der Waals surface area contributed by atoms with E-state index in [4.69, 9.17) is 0 Å². The Kier molecular flexibility index (Phi) is 8.47. The van der Waals surface area contributed by atoms with E-state index in [-0.39, 0.29) is 5.41 Å². The minimum atomic E-state index is -3.40. The Morgan fingerprint density at radius 3 is 1.35 bits per heavy atom. The topological polar surface area (TPSA) is 0 Å². The second-order valence-corrected chi connectivity index (χ2v) is 28.0. The Hall–Kier alpha value is -3.80. The molecule has 6 aromatic rings. The molecule has 0 saturated carbocycles. The van der Waals surface area contributed by atoms with Gasteiger partial charge in [-0.15, -0.1) is 0 Å². The maximum absolute atomic E-state index is 3.40. The van der Waals surface area contributed by atoms with Crippen molar-refractivity contribution in [2.24, 2.45) is 0 Å². The van der Waals surface area contributed by atoms with Crippen LogP contribution < -0.4 is 0 Å². The van der Waals surface area contributed by atoms with E-state index in [1.807, 2.05) is 0 Å². The van der Waals surface area contributed by atoms with Crippen LogP contribution in [0.25, 0.3) is 32.7 Å². The first-order valence-corrected chi connectivity index (χ1v) is 26.3. The average Bonchev–Trinajstić information content (AvgIpc) is 3.64. The summed E-state index contributed by atoms with van der Waals surface area (Å²) in [6, 6.07) is 47.3. The summed E-state index contributed by atoms with van der Waals surface area (Å²) < 4.78 is 3.93. The molecule has 0 aromatic heterocycles. The monoisotopic (exact) mass is 754 g/mol. The van der Waals surface area contributed by atoms with Gasteiger partial charge in [-0.05, 0) is 0 Å². The van der Waals surface area contributed by atoms with Gasteiger partial charge in [0.05, 0.1) is 0 Å². The van der Waals surface area contributed by atoms with Crippen molar-refractivity contribution in [2.45, 2.75) is 88.1 Å². The molecule has 3 aliphatic rings. The van der Waals surface area contributed by atoms with E-state index >= 15 is 0 Å². The molecule has 0 spiro atoms. The molecule has 2 atom stereocenters. The quantitative estimate of drug-likeness (QED) is 0.145. The third kappa shape index (κ3) is 4.80. The summed E-state index contributed by atoms with van der Waals surface area (Å²) in [6.07, 6.45) is 5.18. The standard InChI is InChI=1S/C43H34.2C4H9.Zr/c1-27-25-31-17-11-23-37(41(31)39(27)35-21-9-15-29-13-5-7-19-33(29)35)43(3,4)38-24-12-18-32-26-28(2)40(42(32)38)36-22-10-16-30-14-6-8-20-34(30)36;2*1-3-4-2;/h5-26H,1-4H3;2*1,3-4H2,2H3;. The third-order valence-corrected chi connectivity index (χ3v) is 29.2. The number of allylic oxidation sites excluding steroid dienone is 2. The van der Waals surface area contributed by atoms with E-state index in [2.05, 4.69) is 163 Å². The summed E-state index contributed by atoms with van der Waals surface area (Å²) >= 11 is -3.40. The van der Waals surface area contributed by atoms with E-state index < -0.39 is 20.3 Å². The Morgan fingerprint density at radius 1 is 0.500 bits per heavy atom. The van der Waals surface area contributed by atoms with Gasteiger partial charge in [-0.2, -0.15) is 0 Å². The number of benzene rings is 6. The zero-order chi connectivity index (χ0) is 35.8. The minimum absolute atomic E-state index is 0.213. The molecule has 8 bridgehead atoms. The molecular formula is C51H52Zr. The summed E-state index contributed by atoms with van der Waals surface area (Å²) in [5.41, 5.74) is 18.5. The Balaban J connectivity index is 1.45. The molecule has 0 amide bonds. The van der Waals surface area contributed by atoms with Gasteiger partial charge >= 0.3 is 318 Å². The van der Waals surface area contributed by atoms with Gasteiger partial charge in [0, 0.05) is 0 Å². The first kappa shape index (κ1) is 34.0. The molecule has 6 aromatic carbocycles. The van der Waals surface area contributed by atoms with Gasteiger partial charge in [0.2, 0.25) is 0 Å². The van der Waals surface area contributed by atoms with Gasteiger partial charge in [-0.25, -0.2) is 0 Å². The van der Waals surface area contributed by atoms with Crippen molar-refractivity contribution in [3.05, 3.63) is 177 Å². The van der Waals surface area contributed by atoms with Crippen molar-refractivity contribution in [2.75, 3.05) is 0 Å². The Labute approximate surface area is 316 Å². The molecule has 1 aliphatic heterocycles. The third-order valence-electron chi connectivity index (χ3n) is 13.6. The van der Waals surface area contributed by atoms with Crippen molar-refractivity contribution in [1.29, 1.82) is 0 Å². The van der Waals surface area contributed by atoms with Gasteiger partial charge < -0.3 is 0 Å². The molecule has 2 aliphatic carbocycles. The molecule has 0 nitrogen and oxygen atoms in total. The molecule has 0 saturated heterocycles. The summed E-state index contributed by atoms with van der Waals surface area (Å²) in [5.74, 6) is 0. The van der Waals surface area contributed by atoms with E-state index in [9.17, 15) is 0 Å². The van der Waals surface area contributed by atoms with Crippen LogP contribution in [0.5, 0.6) is 0 Å². The van der Waals surface area contributed by atoms with Gasteiger partial charge in [-0.3, -0.25) is 0 Å². The summed E-state index contributed by atoms with van der Waals surface area (Å²) in [7, 11) is 0. The number of rotatable bonds is 8. The second-order valence-electron chi connectivity index (χ2n) is 16.6. The summed E-state index contributed by atoms with van der Waals surface area (Å²) in [5, 5.41) is 5.44. The normalized spacial score (nSPS) is 19.6. The Bertz CT molecular complexity index is 2270. The molecule has 0 fully saturated rings. The zero-order valence-corrected chi connectivity index (χ0v) is 34.4. The number of fused-ring (bicyclic) bond motifs is 2. The van der Waals surface area contributed by atoms with Crippen LogP contribution in [0, 0.1) is 0 Å². The van der Waals surface area contributed by atoms with Crippen LogP contribution in [0.4, 0.5) is 0 Å². The zero-order valence-electron chi connectivity index (χ0n) is 31.9. The molecular weight excluding hydrogens is 704 g/mol. The fourth-order valence-electron chi connectivity index (χ4n) is 11.5. The molecule has 0 N–H and O–H groups in total. The maximum atomic E-state index is 2.58. The van der Waals surface area contributed by atoms with Crippen molar-refractivity contribution >= 4 is 32.7 Å². The van der Waals surface area contributed by atoms with Crippen molar-refractivity contribution < 1.29 is 20.3 Å². The van der Waals surface area contributed by atoms with E-state index in [1.54, 1.807) is 44.5 Å². The molecule has 2 unspecified atom stereocenters. The first-order chi connectivity index (χ1) is 25.3. The van der Waals surface area contributed by atoms with Gasteiger partial charge in [0.25, 0.3) is 0 Å². The average molecular weight is 756 g/mol. The van der Waals surface area contributed by atoms with Crippen LogP contribution in [0.15, 0.2) is 132 Å². The molecule has 260 valence electrons. The predicted octanol–water partition coefficient (Wildman–Crippen LogP) is 14.7.